The van der Waals surface area contributed by atoms with Gasteiger partial charge in [0.15, 0.2) is 0 Å². The zero-order valence-corrected chi connectivity index (χ0v) is 43.2. The van der Waals surface area contributed by atoms with Gasteiger partial charge in [-0.2, -0.15) is 0 Å². The quantitative estimate of drug-likeness (QED) is 0.0421. The molecule has 0 radical (unpaired) electrons. The number of hydrogen-bond donors (Lipinski definition) is 3. The number of unbranched alkanes of at least 4 members (excludes halogenated alkanes) is 24. The van der Waals surface area contributed by atoms with Crippen LogP contribution in [0.15, 0.2) is 122 Å². The van der Waals surface area contributed by atoms with Gasteiger partial charge in [-0.1, -0.05) is 264 Å². The van der Waals surface area contributed by atoms with Crippen molar-refractivity contribution in [3.63, 3.8) is 0 Å². The second-order valence-electron chi connectivity index (χ2n) is 18.3. The van der Waals surface area contributed by atoms with Gasteiger partial charge in [-0.15, -0.1) is 0 Å². The fraction of sp³-hybridized carbons (Fsp3) is 0.661. The van der Waals surface area contributed by atoms with Crippen LogP contribution >= 0.6 is 0 Å². The Balaban J connectivity index is 3.65. The molecule has 0 saturated carbocycles. The molecule has 66 heavy (non-hydrogen) atoms. The monoisotopic (exact) mass is 912 g/mol. The number of amides is 1. The molecule has 0 aliphatic heterocycles. The summed E-state index contributed by atoms with van der Waals surface area (Å²) in [6, 6.07) is -0.653. The van der Waals surface area contributed by atoms with Crippen LogP contribution in [0.25, 0.3) is 0 Å². The number of allylic oxidation sites excluding steroid dienone is 19. The third kappa shape index (κ3) is 51.8. The number of rotatable bonds is 49. The summed E-state index contributed by atoms with van der Waals surface area (Å²) in [7, 11) is 0. The van der Waals surface area contributed by atoms with Crippen LogP contribution < -0.4 is 5.32 Å². The van der Waals surface area contributed by atoms with Crippen molar-refractivity contribution in [2.45, 2.75) is 257 Å². The number of aliphatic hydroxyl groups is 2. The lowest BCUT2D eigenvalue weighted by atomic mass is 10.0. The molecular weight excluding hydrogens is 807 g/mol. The van der Waals surface area contributed by atoms with Crippen LogP contribution in [0.2, 0.25) is 0 Å². The number of aliphatic hydroxyl groups excluding tert-OH is 2. The lowest BCUT2D eigenvalue weighted by molar-refractivity contribution is -0.123. The molecule has 0 aromatic rings. The molecule has 2 atom stereocenters. The predicted octanol–water partition coefficient (Wildman–Crippen LogP) is 18.5. The Morgan fingerprint density at radius 2 is 0.682 bits per heavy atom. The summed E-state index contributed by atoms with van der Waals surface area (Å²) in [5, 5.41) is 23.1. The van der Waals surface area contributed by atoms with Crippen molar-refractivity contribution in [3.8, 4) is 0 Å². The van der Waals surface area contributed by atoms with Crippen LogP contribution in [-0.2, 0) is 4.79 Å². The van der Waals surface area contributed by atoms with Crippen molar-refractivity contribution in [2.24, 2.45) is 0 Å². The predicted molar refractivity (Wildman–Crippen MR) is 294 cm³/mol. The molecule has 376 valence electrons. The highest BCUT2D eigenvalue weighted by atomic mass is 16.3. The molecule has 3 N–H and O–H groups in total. The van der Waals surface area contributed by atoms with E-state index in [0.29, 0.717) is 6.42 Å². The maximum atomic E-state index is 12.5. The van der Waals surface area contributed by atoms with Gasteiger partial charge in [-0.3, -0.25) is 4.79 Å². The van der Waals surface area contributed by atoms with Crippen molar-refractivity contribution in [1.29, 1.82) is 0 Å². The Bertz CT molecular complexity index is 1310. The summed E-state index contributed by atoms with van der Waals surface area (Å²) >= 11 is 0. The van der Waals surface area contributed by atoms with E-state index in [1.165, 1.54) is 128 Å². The van der Waals surface area contributed by atoms with Gasteiger partial charge >= 0.3 is 0 Å². The maximum absolute atomic E-state index is 12.5. The van der Waals surface area contributed by atoms with Crippen LogP contribution in [0.3, 0.4) is 0 Å². The molecule has 0 spiro atoms. The molecule has 4 heteroatoms. The average Bonchev–Trinajstić information content (AvgIpc) is 3.32. The fourth-order valence-corrected chi connectivity index (χ4v) is 7.74. The summed E-state index contributed by atoms with van der Waals surface area (Å²) in [4.78, 5) is 12.5. The average molecular weight is 913 g/mol. The van der Waals surface area contributed by atoms with E-state index in [0.717, 1.165) is 96.3 Å². The topological polar surface area (TPSA) is 69.6 Å². The molecule has 0 fully saturated rings. The smallest absolute Gasteiger partial charge is 0.220 e. The fourth-order valence-electron chi connectivity index (χ4n) is 7.74. The molecule has 0 aromatic carbocycles. The highest BCUT2D eigenvalue weighted by Crippen LogP contribution is 2.15. The van der Waals surface area contributed by atoms with Crippen LogP contribution in [-0.4, -0.2) is 34.9 Å². The second-order valence-corrected chi connectivity index (χ2v) is 18.3. The standard InChI is InChI=1S/C62H105NO3/c1-3-5-7-9-11-13-15-17-19-21-23-25-26-27-28-29-30-31-32-33-34-35-36-38-40-42-44-46-48-50-52-54-56-58-62(66)63-60(59-64)61(65)57-55-53-51-49-47-45-43-41-39-37-24-22-20-18-16-14-12-10-8-6-4-2/h5,7,11,13,17,19,23,25,27-28,30-31,33-34,36,38,47,49,55,57,60-61,64-65H,3-4,6,8-10,12,14-16,18,20-22,24,26,29,32,35,37,39-46,48,50-54,56,58-59H2,1-2H3,(H,63,66)/b7-5-,13-11-,19-17-,25-23-,28-27-,31-30-,34-33-,38-36-,49-47+,57-55+. The normalized spacial score (nSPS) is 13.8. The van der Waals surface area contributed by atoms with Crippen LogP contribution in [0, 0.1) is 0 Å². The Morgan fingerprint density at radius 1 is 0.379 bits per heavy atom. The first kappa shape index (κ1) is 62.8. The zero-order valence-electron chi connectivity index (χ0n) is 43.2. The highest BCUT2D eigenvalue weighted by molar-refractivity contribution is 5.76. The first-order valence-corrected chi connectivity index (χ1v) is 27.7. The molecule has 1 amide bonds. The van der Waals surface area contributed by atoms with Crippen molar-refractivity contribution in [3.05, 3.63) is 122 Å². The second kappa shape index (κ2) is 56.1. The van der Waals surface area contributed by atoms with Crippen molar-refractivity contribution >= 4 is 5.91 Å². The van der Waals surface area contributed by atoms with Gasteiger partial charge in [0, 0.05) is 6.42 Å². The Kier molecular flexibility index (Phi) is 53.4. The summed E-state index contributed by atoms with van der Waals surface area (Å²) in [5.74, 6) is -0.0864. The van der Waals surface area contributed by atoms with E-state index in [4.69, 9.17) is 0 Å². The first-order valence-electron chi connectivity index (χ1n) is 27.7. The Labute approximate surface area is 409 Å². The van der Waals surface area contributed by atoms with E-state index in [-0.39, 0.29) is 12.5 Å². The minimum atomic E-state index is -0.875. The lowest BCUT2D eigenvalue weighted by Gasteiger charge is -2.19. The largest absolute Gasteiger partial charge is 0.394 e. The van der Waals surface area contributed by atoms with E-state index < -0.39 is 12.1 Å². The third-order valence-electron chi connectivity index (χ3n) is 11.9. The van der Waals surface area contributed by atoms with E-state index in [9.17, 15) is 15.0 Å². The van der Waals surface area contributed by atoms with E-state index in [1.807, 2.05) is 6.08 Å². The number of nitrogens with one attached hydrogen (secondary N) is 1. The van der Waals surface area contributed by atoms with Crippen molar-refractivity contribution < 1.29 is 15.0 Å². The van der Waals surface area contributed by atoms with E-state index in [1.54, 1.807) is 6.08 Å². The highest BCUT2D eigenvalue weighted by Gasteiger charge is 2.17. The van der Waals surface area contributed by atoms with Crippen LogP contribution in [0.5, 0.6) is 0 Å². The van der Waals surface area contributed by atoms with Gasteiger partial charge < -0.3 is 15.5 Å². The van der Waals surface area contributed by atoms with Crippen molar-refractivity contribution in [2.75, 3.05) is 6.61 Å². The molecule has 0 heterocycles. The summed E-state index contributed by atoms with van der Waals surface area (Å²) in [5.41, 5.74) is 0. The van der Waals surface area contributed by atoms with Gasteiger partial charge in [-0.25, -0.2) is 0 Å². The summed E-state index contributed by atoms with van der Waals surface area (Å²) < 4.78 is 0. The molecule has 4 nitrogen and oxygen atoms in total. The molecule has 0 rings (SSSR count). The SMILES string of the molecule is CC/C=C\C/C=C\C/C=C\C/C=C\C/C=C\C/C=C\C/C=C\C/C=C\CCCCCCCCCCC(=O)NC(CO)C(O)/C=C/CC/C=C/CCCCCCCCCCCCCCCCC. The number of carbonyl (C=O) groups is 1. The van der Waals surface area contributed by atoms with E-state index >= 15 is 0 Å². The molecular formula is C62H105NO3. The summed E-state index contributed by atoms with van der Waals surface area (Å²) in [6.07, 6.45) is 86.3. The zero-order chi connectivity index (χ0) is 47.7. The van der Waals surface area contributed by atoms with E-state index in [2.05, 4.69) is 129 Å². The van der Waals surface area contributed by atoms with Gasteiger partial charge in [-0.05, 0) is 96.3 Å². The molecule has 0 saturated heterocycles. The molecule has 0 aliphatic carbocycles. The van der Waals surface area contributed by atoms with Gasteiger partial charge in [0.2, 0.25) is 5.91 Å². The minimum Gasteiger partial charge on any atom is -0.394 e. The number of carbonyl (C=O) groups excluding carboxylic acids is 1. The number of hydrogen-bond acceptors (Lipinski definition) is 3. The molecule has 0 aromatic heterocycles. The van der Waals surface area contributed by atoms with Crippen molar-refractivity contribution in [1.82, 2.24) is 5.32 Å². The van der Waals surface area contributed by atoms with Crippen LogP contribution in [0.4, 0.5) is 0 Å². The summed E-state index contributed by atoms with van der Waals surface area (Å²) in [6.45, 7) is 4.18. The maximum Gasteiger partial charge on any atom is 0.220 e. The van der Waals surface area contributed by atoms with Gasteiger partial charge in [0.1, 0.15) is 0 Å². The Hall–Kier alpha value is -3.21. The minimum absolute atomic E-state index is 0.0864. The molecule has 0 bridgehead atoms. The molecule has 2 unspecified atom stereocenters. The third-order valence-corrected chi connectivity index (χ3v) is 11.9. The first-order chi connectivity index (χ1) is 32.7. The molecule has 0 aliphatic rings. The van der Waals surface area contributed by atoms with Crippen LogP contribution in [0.1, 0.15) is 245 Å². The van der Waals surface area contributed by atoms with Gasteiger partial charge in [0.05, 0.1) is 18.8 Å². The lowest BCUT2D eigenvalue weighted by Crippen LogP contribution is -2.45. The van der Waals surface area contributed by atoms with Gasteiger partial charge in [0.25, 0.3) is 0 Å². The Morgan fingerprint density at radius 3 is 1.06 bits per heavy atom.